The van der Waals surface area contributed by atoms with Crippen LogP contribution in [-0.4, -0.2) is 5.33 Å². The summed E-state index contributed by atoms with van der Waals surface area (Å²) in [6.07, 6.45) is 24.2. The largest absolute Gasteiger partial charge is 0.0928 e. The van der Waals surface area contributed by atoms with Crippen LogP contribution in [0.4, 0.5) is 0 Å². The van der Waals surface area contributed by atoms with Crippen LogP contribution in [0.25, 0.3) is 0 Å². The van der Waals surface area contributed by atoms with E-state index in [1.807, 2.05) is 5.92 Å². The number of rotatable bonds is 18. The number of alkyl halides is 1. The standard InChI is InChI=1S/C21H42Br/c1-3-5-7-9-11-13-17-21(19-15-16-20-22)18-14-12-10-8-6-4-2/h3-20H2,1-2H3. The average molecular weight is 374 g/mol. The molecule has 0 aliphatic heterocycles. The third kappa shape index (κ3) is 16.8. The first-order valence-corrected chi connectivity index (χ1v) is 11.4. The minimum absolute atomic E-state index is 1.17. The van der Waals surface area contributed by atoms with Crippen molar-refractivity contribution in [2.45, 2.75) is 123 Å². The highest BCUT2D eigenvalue weighted by atomic mass is 79.9. The second-order valence-electron chi connectivity index (χ2n) is 6.93. The summed E-state index contributed by atoms with van der Waals surface area (Å²) < 4.78 is 0. The summed E-state index contributed by atoms with van der Waals surface area (Å²) in [5.41, 5.74) is 0. The zero-order valence-electron chi connectivity index (χ0n) is 15.6. The van der Waals surface area contributed by atoms with Gasteiger partial charge in [0.15, 0.2) is 0 Å². The third-order valence-corrected chi connectivity index (χ3v) is 5.24. The van der Waals surface area contributed by atoms with Crippen molar-refractivity contribution >= 4 is 15.9 Å². The molecule has 0 unspecified atom stereocenters. The van der Waals surface area contributed by atoms with Crippen molar-refractivity contribution in [3.63, 3.8) is 0 Å². The molecule has 22 heavy (non-hydrogen) atoms. The minimum Gasteiger partial charge on any atom is -0.0928 e. The van der Waals surface area contributed by atoms with E-state index in [0.29, 0.717) is 0 Å². The maximum atomic E-state index is 3.57. The van der Waals surface area contributed by atoms with Crippen molar-refractivity contribution in [3.05, 3.63) is 5.92 Å². The Hall–Kier alpha value is 0.480. The van der Waals surface area contributed by atoms with Gasteiger partial charge in [-0.1, -0.05) is 113 Å². The van der Waals surface area contributed by atoms with E-state index in [1.54, 1.807) is 0 Å². The molecule has 1 radical (unpaired) electrons. The summed E-state index contributed by atoms with van der Waals surface area (Å²) in [6, 6.07) is 0. The van der Waals surface area contributed by atoms with Crippen LogP contribution in [0.15, 0.2) is 0 Å². The van der Waals surface area contributed by atoms with Crippen molar-refractivity contribution in [2.24, 2.45) is 0 Å². The van der Waals surface area contributed by atoms with Crippen LogP contribution in [0, 0.1) is 5.92 Å². The third-order valence-electron chi connectivity index (χ3n) is 4.68. The Kier molecular flexibility index (Phi) is 20.0. The Morgan fingerprint density at radius 1 is 0.500 bits per heavy atom. The van der Waals surface area contributed by atoms with Gasteiger partial charge in [-0.3, -0.25) is 0 Å². The Bertz CT molecular complexity index is 174. The molecule has 0 saturated carbocycles. The Labute approximate surface area is 150 Å². The SMILES string of the molecule is CCCCCCCC[C](CCCCBr)CCCCCCCC. The van der Waals surface area contributed by atoms with Crippen LogP contribution in [0.3, 0.4) is 0 Å². The Balaban J connectivity index is 3.65. The van der Waals surface area contributed by atoms with Crippen LogP contribution in [0.2, 0.25) is 0 Å². The van der Waals surface area contributed by atoms with E-state index in [9.17, 15) is 0 Å². The van der Waals surface area contributed by atoms with Crippen molar-refractivity contribution in [3.8, 4) is 0 Å². The Morgan fingerprint density at radius 2 is 0.864 bits per heavy atom. The van der Waals surface area contributed by atoms with E-state index in [4.69, 9.17) is 0 Å². The molecule has 0 heterocycles. The lowest BCUT2D eigenvalue weighted by Crippen LogP contribution is -1.99. The molecule has 0 aromatic carbocycles. The monoisotopic (exact) mass is 373 g/mol. The molecule has 133 valence electrons. The van der Waals surface area contributed by atoms with Crippen LogP contribution < -0.4 is 0 Å². The quantitative estimate of drug-likeness (QED) is 0.166. The Morgan fingerprint density at radius 3 is 1.27 bits per heavy atom. The van der Waals surface area contributed by atoms with Crippen LogP contribution in [-0.2, 0) is 0 Å². The molecule has 0 atom stereocenters. The minimum atomic E-state index is 1.17. The molecule has 0 rings (SSSR count). The van der Waals surface area contributed by atoms with Gasteiger partial charge in [0.1, 0.15) is 0 Å². The molecule has 0 saturated heterocycles. The summed E-state index contributed by atoms with van der Waals surface area (Å²) in [5, 5.41) is 1.17. The average Bonchev–Trinajstić information content (AvgIpc) is 2.53. The molecule has 0 aromatic rings. The first-order chi connectivity index (χ1) is 10.8. The van der Waals surface area contributed by atoms with Gasteiger partial charge in [-0.05, 0) is 31.6 Å². The molecule has 0 fully saturated rings. The second kappa shape index (κ2) is 19.5. The molecule has 0 amide bonds. The number of hydrogen-bond donors (Lipinski definition) is 0. The number of unbranched alkanes of at least 4 members (excludes halogenated alkanes) is 11. The van der Waals surface area contributed by atoms with Crippen LogP contribution >= 0.6 is 15.9 Å². The predicted molar refractivity (Wildman–Crippen MR) is 107 cm³/mol. The highest BCUT2D eigenvalue weighted by Crippen LogP contribution is 2.26. The van der Waals surface area contributed by atoms with Gasteiger partial charge < -0.3 is 0 Å². The molecule has 0 aromatic heterocycles. The fourth-order valence-electron chi connectivity index (χ4n) is 3.16. The smallest absolute Gasteiger partial charge is 0.00313 e. The topological polar surface area (TPSA) is 0 Å². The van der Waals surface area contributed by atoms with Gasteiger partial charge in [-0.2, -0.15) is 0 Å². The highest BCUT2D eigenvalue weighted by molar-refractivity contribution is 9.09. The van der Waals surface area contributed by atoms with Gasteiger partial charge in [0.2, 0.25) is 0 Å². The maximum absolute atomic E-state index is 3.57. The molecule has 0 nitrogen and oxygen atoms in total. The zero-order valence-corrected chi connectivity index (χ0v) is 17.2. The fourth-order valence-corrected chi connectivity index (χ4v) is 3.55. The summed E-state index contributed by atoms with van der Waals surface area (Å²) in [6.45, 7) is 4.60. The normalized spacial score (nSPS) is 11.5. The second-order valence-corrected chi connectivity index (χ2v) is 7.72. The van der Waals surface area contributed by atoms with Crippen LogP contribution in [0.5, 0.6) is 0 Å². The fraction of sp³-hybridized carbons (Fsp3) is 0.952. The van der Waals surface area contributed by atoms with Crippen molar-refractivity contribution < 1.29 is 0 Å². The van der Waals surface area contributed by atoms with E-state index in [0.717, 1.165) is 0 Å². The number of halogens is 1. The maximum Gasteiger partial charge on any atom is 0.00313 e. The lowest BCUT2D eigenvalue weighted by atomic mass is 9.90. The van der Waals surface area contributed by atoms with Crippen molar-refractivity contribution in [2.75, 3.05) is 5.33 Å². The van der Waals surface area contributed by atoms with E-state index >= 15 is 0 Å². The summed E-state index contributed by atoms with van der Waals surface area (Å²) >= 11 is 3.57. The van der Waals surface area contributed by atoms with Crippen molar-refractivity contribution in [1.29, 1.82) is 0 Å². The predicted octanol–water partition coefficient (Wildman–Crippen LogP) is 8.63. The van der Waals surface area contributed by atoms with Crippen LogP contribution in [0.1, 0.15) is 123 Å². The molecule has 0 spiro atoms. The first kappa shape index (κ1) is 22.5. The van der Waals surface area contributed by atoms with Gasteiger partial charge in [0.05, 0.1) is 0 Å². The van der Waals surface area contributed by atoms with Gasteiger partial charge in [0, 0.05) is 5.33 Å². The summed E-state index contributed by atoms with van der Waals surface area (Å²) in [4.78, 5) is 0. The lowest BCUT2D eigenvalue weighted by molar-refractivity contribution is 0.525. The van der Waals surface area contributed by atoms with E-state index in [1.165, 1.54) is 114 Å². The van der Waals surface area contributed by atoms with E-state index < -0.39 is 0 Å². The molecular weight excluding hydrogens is 332 g/mol. The first-order valence-electron chi connectivity index (χ1n) is 10.2. The van der Waals surface area contributed by atoms with E-state index in [-0.39, 0.29) is 0 Å². The summed E-state index contributed by atoms with van der Waals surface area (Å²) in [5.74, 6) is 1.88. The van der Waals surface area contributed by atoms with E-state index in [2.05, 4.69) is 29.8 Å². The molecule has 0 bridgehead atoms. The highest BCUT2D eigenvalue weighted by Gasteiger charge is 2.09. The van der Waals surface area contributed by atoms with Gasteiger partial charge in [-0.15, -0.1) is 0 Å². The summed E-state index contributed by atoms with van der Waals surface area (Å²) in [7, 11) is 0. The lowest BCUT2D eigenvalue weighted by Gasteiger charge is -2.16. The zero-order chi connectivity index (χ0) is 16.3. The molecule has 0 aliphatic carbocycles. The van der Waals surface area contributed by atoms with Gasteiger partial charge >= 0.3 is 0 Å². The number of hydrogen-bond acceptors (Lipinski definition) is 0. The molecule has 1 heteroatoms. The molecular formula is C21H42Br. The van der Waals surface area contributed by atoms with Gasteiger partial charge in [-0.25, -0.2) is 0 Å². The molecule has 0 aliphatic rings. The molecule has 0 N–H and O–H groups in total. The van der Waals surface area contributed by atoms with Crippen molar-refractivity contribution in [1.82, 2.24) is 0 Å². The van der Waals surface area contributed by atoms with Gasteiger partial charge in [0.25, 0.3) is 0 Å².